The molecule has 132 valence electrons. The number of anilines is 1. The first kappa shape index (κ1) is 18.7. The Bertz CT molecular complexity index is 672. The van der Waals surface area contributed by atoms with Gasteiger partial charge in [0.2, 0.25) is 0 Å². The Kier molecular flexibility index (Phi) is 7.66. The number of rotatable bonds is 9. The molecule has 0 aliphatic rings. The van der Waals surface area contributed by atoms with Crippen molar-refractivity contribution in [3.8, 4) is 0 Å². The Hall–Kier alpha value is -2.66. The molecule has 0 saturated carbocycles. The standard InChI is InChI=1S/C20H25N3O2/c1-3-25-20(24)16-23(15-18-10-6-4-7-11-18)14-17(2)21-22-19-12-8-5-9-13-19/h4-13,22H,3,14-16H2,1-2H3. The largest absolute Gasteiger partial charge is 0.465 e. The molecule has 0 aliphatic heterocycles. The van der Waals surface area contributed by atoms with Gasteiger partial charge >= 0.3 is 5.97 Å². The van der Waals surface area contributed by atoms with Crippen LogP contribution in [-0.4, -0.2) is 36.3 Å². The molecule has 0 bridgehead atoms. The lowest BCUT2D eigenvalue weighted by atomic mass is 10.2. The maximum atomic E-state index is 11.9. The highest BCUT2D eigenvalue weighted by Gasteiger charge is 2.13. The van der Waals surface area contributed by atoms with Gasteiger partial charge in [0, 0.05) is 18.8 Å². The fraction of sp³-hybridized carbons (Fsp3) is 0.300. The second kappa shape index (κ2) is 10.3. The summed E-state index contributed by atoms with van der Waals surface area (Å²) < 4.78 is 5.08. The number of para-hydroxylation sites is 1. The highest BCUT2D eigenvalue weighted by molar-refractivity contribution is 5.85. The number of hydrazone groups is 1. The Morgan fingerprint density at radius 2 is 1.68 bits per heavy atom. The summed E-state index contributed by atoms with van der Waals surface area (Å²) in [6.45, 7) is 5.63. The Labute approximate surface area is 149 Å². The van der Waals surface area contributed by atoms with Crippen LogP contribution in [0.15, 0.2) is 65.8 Å². The summed E-state index contributed by atoms with van der Waals surface area (Å²) in [6.07, 6.45) is 0. The quantitative estimate of drug-likeness (QED) is 0.431. The molecular weight excluding hydrogens is 314 g/mol. The topological polar surface area (TPSA) is 53.9 Å². The van der Waals surface area contributed by atoms with E-state index in [0.29, 0.717) is 19.7 Å². The third-order valence-corrected chi connectivity index (χ3v) is 3.51. The van der Waals surface area contributed by atoms with Gasteiger partial charge in [-0.1, -0.05) is 48.5 Å². The van der Waals surface area contributed by atoms with Gasteiger partial charge in [-0.3, -0.25) is 15.1 Å². The molecule has 0 amide bonds. The first-order valence-electron chi connectivity index (χ1n) is 8.43. The van der Waals surface area contributed by atoms with E-state index in [2.05, 4.69) is 10.5 Å². The van der Waals surface area contributed by atoms with Crippen molar-refractivity contribution >= 4 is 17.4 Å². The van der Waals surface area contributed by atoms with Gasteiger partial charge in [0.1, 0.15) is 0 Å². The Morgan fingerprint density at radius 3 is 2.32 bits per heavy atom. The molecule has 0 spiro atoms. The lowest BCUT2D eigenvalue weighted by molar-refractivity contribution is -0.144. The number of benzene rings is 2. The first-order valence-corrected chi connectivity index (χ1v) is 8.43. The van der Waals surface area contributed by atoms with E-state index in [-0.39, 0.29) is 12.5 Å². The fourth-order valence-electron chi connectivity index (χ4n) is 2.43. The lowest BCUT2D eigenvalue weighted by Gasteiger charge is -2.21. The van der Waals surface area contributed by atoms with Crippen molar-refractivity contribution < 1.29 is 9.53 Å². The van der Waals surface area contributed by atoms with Crippen LogP contribution in [0.5, 0.6) is 0 Å². The summed E-state index contributed by atoms with van der Waals surface area (Å²) in [5.74, 6) is -0.220. The van der Waals surface area contributed by atoms with Crippen LogP contribution in [0.2, 0.25) is 0 Å². The van der Waals surface area contributed by atoms with E-state index < -0.39 is 0 Å². The summed E-state index contributed by atoms with van der Waals surface area (Å²) >= 11 is 0. The molecule has 0 aliphatic carbocycles. The average molecular weight is 339 g/mol. The van der Waals surface area contributed by atoms with Gasteiger partial charge in [0.05, 0.1) is 18.8 Å². The SMILES string of the molecule is CCOC(=O)CN(CC(C)=NNc1ccccc1)Cc1ccccc1. The van der Waals surface area contributed by atoms with Gasteiger partial charge in [-0.25, -0.2) is 0 Å². The van der Waals surface area contributed by atoms with Crippen molar-refractivity contribution in [2.45, 2.75) is 20.4 Å². The summed E-state index contributed by atoms with van der Waals surface area (Å²) in [5.41, 5.74) is 6.01. The maximum absolute atomic E-state index is 11.9. The van der Waals surface area contributed by atoms with E-state index in [9.17, 15) is 4.79 Å². The lowest BCUT2D eigenvalue weighted by Crippen LogP contribution is -2.34. The van der Waals surface area contributed by atoms with Crippen LogP contribution in [-0.2, 0) is 16.1 Å². The minimum atomic E-state index is -0.220. The number of carbonyl (C=O) groups is 1. The maximum Gasteiger partial charge on any atom is 0.320 e. The number of hydrogen-bond acceptors (Lipinski definition) is 5. The molecule has 0 saturated heterocycles. The van der Waals surface area contributed by atoms with Crippen LogP contribution in [0.25, 0.3) is 0 Å². The van der Waals surface area contributed by atoms with Crippen LogP contribution in [0.3, 0.4) is 0 Å². The number of carbonyl (C=O) groups excluding carboxylic acids is 1. The molecule has 0 heterocycles. The number of nitrogens with zero attached hydrogens (tertiary/aromatic N) is 2. The van der Waals surface area contributed by atoms with E-state index in [4.69, 9.17) is 4.74 Å². The first-order chi connectivity index (χ1) is 12.2. The molecule has 0 atom stereocenters. The number of ether oxygens (including phenoxy) is 1. The monoisotopic (exact) mass is 339 g/mol. The normalized spacial score (nSPS) is 11.4. The summed E-state index contributed by atoms with van der Waals surface area (Å²) in [5, 5.41) is 4.40. The molecule has 5 heteroatoms. The van der Waals surface area contributed by atoms with Gasteiger partial charge in [-0.15, -0.1) is 0 Å². The molecule has 25 heavy (non-hydrogen) atoms. The molecule has 5 nitrogen and oxygen atoms in total. The minimum absolute atomic E-state index is 0.220. The minimum Gasteiger partial charge on any atom is -0.465 e. The van der Waals surface area contributed by atoms with Crippen molar-refractivity contribution in [3.63, 3.8) is 0 Å². The molecule has 0 aromatic heterocycles. The molecule has 2 aromatic carbocycles. The van der Waals surface area contributed by atoms with E-state index in [1.165, 1.54) is 0 Å². The van der Waals surface area contributed by atoms with Gasteiger partial charge < -0.3 is 4.74 Å². The molecular formula is C20H25N3O2. The zero-order valence-corrected chi connectivity index (χ0v) is 14.8. The number of hydrogen-bond donors (Lipinski definition) is 1. The van der Waals surface area contributed by atoms with Crippen LogP contribution in [0, 0.1) is 0 Å². The van der Waals surface area contributed by atoms with Gasteiger partial charge in [0.25, 0.3) is 0 Å². The number of nitrogens with one attached hydrogen (secondary N) is 1. The highest BCUT2D eigenvalue weighted by atomic mass is 16.5. The van der Waals surface area contributed by atoms with Gasteiger partial charge in [-0.2, -0.15) is 5.10 Å². The third kappa shape index (κ3) is 7.18. The second-order valence-corrected chi connectivity index (χ2v) is 5.76. The number of esters is 1. The predicted molar refractivity (Wildman–Crippen MR) is 102 cm³/mol. The molecule has 2 rings (SSSR count). The molecule has 0 unspecified atom stereocenters. The van der Waals surface area contributed by atoms with Crippen molar-refractivity contribution in [1.29, 1.82) is 0 Å². The van der Waals surface area contributed by atoms with E-state index in [0.717, 1.165) is 17.0 Å². The smallest absolute Gasteiger partial charge is 0.320 e. The van der Waals surface area contributed by atoms with Crippen LogP contribution in [0.1, 0.15) is 19.4 Å². The summed E-state index contributed by atoms with van der Waals surface area (Å²) in [6, 6.07) is 19.9. The predicted octanol–water partition coefficient (Wildman–Crippen LogP) is 3.54. The highest BCUT2D eigenvalue weighted by Crippen LogP contribution is 2.07. The molecule has 0 radical (unpaired) electrons. The fourth-order valence-corrected chi connectivity index (χ4v) is 2.43. The Balaban J connectivity index is 1.99. The van der Waals surface area contributed by atoms with Crippen molar-refractivity contribution in [1.82, 2.24) is 4.90 Å². The van der Waals surface area contributed by atoms with Crippen molar-refractivity contribution in [2.75, 3.05) is 25.1 Å². The third-order valence-electron chi connectivity index (χ3n) is 3.51. The van der Waals surface area contributed by atoms with Crippen LogP contribution >= 0.6 is 0 Å². The van der Waals surface area contributed by atoms with Crippen LogP contribution < -0.4 is 5.43 Å². The zero-order valence-electron chi connectivity index (χ0n) is 14.8. The van der Waals surface area contributed by atoms with Gasteiger partial charge in [-0.05, 0) is 31.5 Å². The summed E-state index contributed by atoms with van der Waals surface area (Å²) in [7, 11) is 0. The molecule has 1 N–H and O–H groups in total. The van der Waals surface area contributed by atoms with Crippen LogP contribution in [0.4, 0.5) is 5.69 Å². The van der Waals surface area contributed by atoms with E-state index >= 15 is 0 Å². The summed E-state index contributed by atoms with van der Waals surface area (Å²) in [4.78, 5) is 13.9. The average Bonchev–Trinajstić information content (AvgIpc) is 2.62. The Morgan fingerprint density at radius 1 is 1.04 bits per heavy atom. The van der Waals surface area contributed by atoms with Crippen molar-refractivity contribution in [2.24, 2.45) is 5.10 Å². The van der Waals surface area contributed by atoms with E-state index in [1.807, 2.05) is 79.4 Å². The van der Waals surface area contributed by atoms with E-state index in [1.54, 1.807) is 0 Å². The molecule has 0 fully saturated rings. The van der Waals surface area contributed by atoms with Crippen molar-refractivity contribution in [3.05, 3.63) is 66.2 Å². The van der Waals surface area contributed by atoms with Gasteiger partial charge in [0.15, 0.2) is 0 Å². The molecule has 2 aromatic rings. The zero-order chi connectivity index (χ0) is 17.9. The second-order valence-electron chi connectivity index (χ2n) is 5.76.